The minimum Gasteiger partial charge on any atom is -0.494 e. The first-order valence-corrected chi connectivity index (χ1v) is 7.70. The topological polar surface area (TPSA) is 9.23 Å². The molecule has 20 heavy (non-hydrogen) atoms. The Balaban J connectivity index is 1.94. The predicted octanol–water partition coefficient (Wildman–Crippen LogP) is 4.90. The summed E-state index contributed by atoms with van der Waals surface area (Å²) in [6.07, 6.45) is 3.65. The highest BCUT2D eigenvalue weighted by Crippen LogP contribution is 2.36. The molecule has 0 amide bonds. The van der Waals surface area contributed by atoms with Crippen molar-refractivity contribution < 1.29 is 4.74 Å². The van der Waals surface area contributed by atoms with Gasteiger partial charge in [-0.15, -0.1) is 11.6 Å². The summed E-state index contributed by atoms with van der Waals surface area (Å²) in [5.74, 6) is 0.885. The average Bonchev–Trinajstić information content (AvgIpc) is 2.95. The lowest BCUT2D eigenvalue weighted by molar-refractivity contribution is 0.337. The van der Waals surface area contributed by atoms with Gasteiger partial charge < -0.3 is 4.74 Å². The van der Waals surface area contributed by atoms with Crippen LogP contribution in [0.2, 0.25) is 0 Å². The molecular weight excluding hydrogens is 268 g/mol. The molecule has 0 spiro atoms. The van der Waals surface area contributed by atoms with Gasteiger partial charge in [0.05, 0.1) is 12.0 Å². The third-order valence-corrected chi connectivity index (χ3v) is 4.39. The molecular formula is C18H19ClO. The van der Waals surface area contributed by atoms with Crippen LogP contribution in [0.3, 0.4) is 0 Å². The summed E-state index contributed by atoms with van der Waals surface area (Å²) in [5, 5.41) is -0.149. The maximum Gasteiger partial charge on any atom is 0.124 e. The highest BCUT2D eigenvalue weighted by molar-refractivity contribution is 6.22. The first-order valence-electron chi connectivity index (χ1n) is 7.27. The lowest BCUT2D eigenvalue weighted by Crippen LogP contribution is -2.00. The fourth-order valence-corrected chi connectivity index (χ4v) is 3.22. The van der Waals surface area contributed by atoms with E-state index in [-0.39, 0.29) is 5.38 Å². The van der Waals surface area contributed by atoms with Gasteiger partial charge in [0.2, 0.25) is 0 Å². The molecule has 0 saturated heterocycles. The summed E-state index contributed by atoms with van der Waals surface area (Å²) < 4.78 is 5.69. The van der Waals surface area contributed by atoms with E-state index in [4.69, 9.17) is 16.3 Å². The summed E-state index contributed by atoms with van der Waals surface area (Å²) in [6.45, 7) is 2.65. The molecule has 0 aliphatic heterocycles. The van der Waals surface area contributed by atoms with Crippen LogP contribution in [-0.4, -0.2) is 6.61 Å². The molecule has 2 aromatic rings. The van der Waals surface area contributed by atoms with Crippen molar-refractivity contribution in [1.82, 2.24) is 0 Å². The van der Waals surface area contributed by atoms with Gasteiger partial charge in [0.15, 0.2) is 0 Å². The maximum absolute atomic E-state index is 6.69. The second-order valence-corrected chi connectivity index (χ2v) is 5.65. The zero-order valence-corrected chi connectivity index (χ0v) is 12.5. The van der Waals surface area contributed by atoms with Crippen molar-refractivity contribution >= 4 is 11.6 Å². The third-order valence-electron chi connectivity index (χ3n) is 3.91. The Labute approximate surface area is 125 Å². The van der Waals surface area contributed by atoms with Crippen LogP contribution in [0.4, 0.5) is 0 Å². The van der Waals surface area contributed by atoms with E-state index in [9.17, 15) is 0 Å². The summed E-state index contributed by atoms with van der Waals surface area (Å²) in [6, 6.07) is 14.7. The van der Waals surface area contributed by atoms with Crippen molar-refractivity contribution in [1.29, 1.82) is 0 Å². The lowest BCUT2D eigenvalue weighted by atomic mass is 9.99. The predicted molar refractivity (Wildman–Crippen MR) is 83.8 cm³/mol. The van der Waals surface area contributed by atoms with Crippen LogP contribution >= 0.6 is 11.6 Å². The maximum atomic E-state index is 6.69. The second-order valence-electron chi connectivity index (χ2n) is 5.22. The van der Waals surface area contributed by atoms with Crippen LogP contribution in [0, 0.1) is 0 Å². The number of alkyl halides is 1. The van der Waals surface area contributed by atoms with Crippen LogP contribution < -0.4 is 4.74 Å². The van der Waals surface area contributed by atoms with Crippen molar-refractivity contribution in [3.05, 3.63) is 64.7 Å². The van der Waals surface area contributed by atoms with Crippen molar-refractivity contribution in [2.45, 2.75) is 31.6 Å². The number of aryl methyl sites for hydroxylation is 2. The van der Waals surface area contributed by atoms with E-state index in [1.54, 1.807) is 0 Å². The molecule has 3 rings (SSSR count). The lowest BCUT2D eigenvalue weighted by Gasteiger charge is -2.16. The quantitative estimate of drug-likeness (QED) is 0.726. The standard InChI is InChI=1S/C18H19ClO/c1-2-20-17-9-4-3-8-16(17)18(19)15-11-10-13-6-5-7-14(13)12-15/h3-4,8-12,18H,2,5-7H2,1H3. The molecule has 1 unspecified atom stereocenters. The Morgan fingerprint density at radius 1 is 1.10 bits per heavy atom. The molecule has 0 saturated carbocycles. The van der Waals surface area contributed by atoms with Crippen LogP contribution in [0.1, 0.15) is 41.0 Å². The molecule has 1 nitrogen and oxygen atoms in total. The average molecular weight is 287 g/mol. The zero-order chi connectivity index (χ0) is 13.9. The number of hydrogen-bond acceptors (Lipinski definition) is 1. The minimum absolute atomic E-state index is 0.149. The Morgan fingerprint density at radius 3 is 2.75 bits per heavy atom. The van der Waals surface area contributed by atoms with E-state index in [2.05, 4.69) is 24.3 Å². The fourth-order valence-electron chi connectivity index (χ4n) is 2.91. The smallest absolute Gasteiger partial charge is 0.124 e. The zero-order valence-electron chi connectivity index (χ0n) is 11.7. The normalized spacial score (nSPS) is 14.9. The van der Waals surface area contributed by atoms with E-state index < -0.39 is 0 Å². The summed E-state index contributed by atoms with van der Waals surface area (Å²) in [4.78, 5) is 0. The van der Waals surface area contributed by atoms with Crippen molar-refractivity contribution in [3.63, 3.8) is 0 Å². The van der Waals surface area contributed by atoms with Crippen LogP contribution in [0.25, 0.3) is 0 Å². The Kier molecular flexibility index (Phi) is 3.98. The number of benzene rings is 2. The van der Waals surface area contributed by atoms with E-state index >= 15 is 0 Å². The van der Waals surface area contributed by atoms with Gasteiger partial charge in [-0.05, 0) is 48.9 Å². The van der Waals surface area contributed by atoms with Gasteiger partial charge in [0.1, 0.15) is 5.75 Å². The highest BCUT2D eigenvalue weighted by atomic mass is 35.5. The van der Waals surface area contributed by atoms with Gasteiger partial charge in [0, 0.05) is 5.56 Å². The molecule has 0 heterocycles. The number of ether oxygens (including phenoxy) is 1. The summed E-state index contributed by atoms with van der Waals surface area (Å²) in [7, 11) is 0. The molecule has 2 heteroatoms. The van der Waals surface area contributed by atoms with Crippen molar-refractivity contribution in [2.75, 3.05) is 6.61 Å². The molecule has 1 atom stereocenters. The Morgan fingerprint density at radius 2 is 1.90 bits per heavy atom. The van der Waals surface area contributed by atoms with Gasteiger partial charge in [-0.1, -0.05) is 36.4 Å². The molecule has 0 bridgehead atoms. The van der Waals surface area contributed by atoms with Crippen LogP contribution in [0.5, 0.6) is 5.75 Å². The first-order chi connectivity index (χ1) is 9.79. The first kappa shape index (κ1) is 13.5. The van der Waals surface area contributed by atoms with Gasteiger partial charge in [-0.3, -0.25) is 0 Å². The van der Waals surface area contributed by atoms with Crippen molar-refractivity contribution in [2.24, 2.45) is 0 Å². The summed E-state index contributed by atoms with van der Waals surface area (Å²) >= 11 is 6.69. The van der Waals surface area contributed by atoms with E-state index in [0.29, 0.717) is 6.61 Å². The van der Waals surface area contributed by atoms with Crippen LogP contribution in [-0.2, 0) is 12.8 Å². The number of fused-ring (bicyclic) bond motifs is 1. The van der Waals surface area contributed by atoms with Crippen LogP contribution in [0.15, 0.2) is 42.5 Å². The molecule has 0 aromatic heterocycles. The SMILES string of the molecule is CCOc1ccccc1C(Cl)c1ccc2c(c1)CCC2. The molecule has 1 aliphatic carbocycles. The Bertz CT molecular complexity index is 606. The second kappa shape index (κ2) is 5.88. The monoisotopic (exact) mass is 286 g/mol. The molecule has 1 aliphatic rings. The van der Waals surface area contributed by atoms with Gasteiger partial charge >= 0.3 is 0 Å². The highest BCUT2D eigenvalue weighted by Gasteiger charge is 2.18. The molecule has 104 valence electrons. The number of hydrogen-bond donors (Lipinski definition) is 0. The molecule has 0 radical (unpaired) electrons. The third kappa shape index (κ3) is 2.55. The molecule has 2 aromatic carbocycles. The largest absolute Gasteiger partial charge is 0.494 e. The van der Waals surface area contributed by atoms with Gasteiger partial charge in [-0.25, -0.2) is 0 Å². The number of halogens is 1. The minimum atomic E-state index is -0.149. The van der Waals surface area contributed by atoms with Gasteiger partial charge in [0.25, 0.3) is 0 Å². The van der Waals surface area contributed by atoms with E-state index in [0.717, 1.165) is 11.3 Å². The number of rotatable bonds is 4. The van der Waals surface area contributed by atoms with E-state index in [1.165, 1.54) is 36.0 Å². The van der Waals surface area contributed by atoms with Gasteiger partial charge in [-0.2, -0.15) is 0 Å². The number of para-hydroxylation sites is 1. The fraction of sp³-hybridized carbons (Fsp3) is 0.333. The van der Waals surface area contributed by atoms with Crippen molar-refractivity contribution in [3.8, 4) is 5.75 Å². The summed E-state index contributed by atoms with van der Waals surface area (Å²) in [5.41, 5.74) is 5.16. The molecule has 0 N–H and O–H groups in total. The molecule has 0 fully saturated rings. The van der Waals surface area contributed by atoms with E-state index in [1.807, 2.05) is 25.1 Å². The Hall–Kier alpha value is -1.47.